The SMILES string of the molecule is COc1cccc(CC(=O)N2CC[C@H]3[C@H]2CCN3C)c1.O=C(O)C(F)(F)F. The molecule has 0 saturated carbocycles. The number of benzene rings is 1. The number of nitrogens with zero attached hydrogens (tertiary/aromatic N) is 2. The smallest absolute Gasteiger partial charge is 0.490 e. The molecule has 3 rings (SSSR count). The highest BCUT2D eigenvalue weighted by atomic mass is 19.4. The largest absolute Gasteiger partial charge is 0.497 e. The molecule has 2 fully saturated rings. The fourth-order valence-electron chi connectivity index (χ4n) is 3.57. The highest BCUT2D eigenvalue weighted by Crippen LogP contribution is 2.30. The molecule has 2 saturated heterocycles. The molecule has 0 unspecified atom stereocenters. The molecular formula is C18H23F3N2O4. The number of carboxylic acids is 1. The Hall–Kier alpha value is -2.29. The number of methoxy groups -OCH3 is 1. The number of hydrogen-bond acceptors (Lipinski definition) is 4. The number of rotatable bonds is 3. The Labute approximate surface area is 155 Å². The summed E-state index contributed by atoms with van der Waals surface area (Å²) < 4.78 is 36.9. The molecule has 0 bridgehead atoms. The van der Waals surface area contributed by atoms with E-state index >= 15 is 0 Å². The van der Waals surface area contributed by atoms with E-state index < -0.39 is 12.1 Å². The van der Waals surface area contributed by atoms with Crippen molar-refractivity contribution in [1.29, 1.82) is 0 Å². The summed E-state index contributed by atoms with van der Waals surface area (Å²) in [4.78, 5) is 25.9. The third-order valence-electron chi connectivity index (χ3n) is 4.91. The van der Waals surface area contributed by atoms with Crippen molar-refractivity contribution in [3.8, 4) is 5.75 Å². The minimum Gasteiger partial charge on any atom is -0.497 e. The van der Waals surface area contributed by atoms with E-state index in [4.69, 9.17) is 14.6 Å². The van der Waals surface area contributed by atoms with Gasteiger partial charge in [-0.15, -0.1) is 0 Å². The maximum Gasteiger partial charge on any atom is 0.490 e. The van der Waals surface area contributed by atoms with Crippen molar-refractivity contribution in [1.82, 2.24) is 9.80 Å². The second kappa shape index (κ2) is 8.60. The number of amides is 1. The number of carboxylic acid groups (broad SMARTS) is 1. The lowest BCUT2D eigenvalue weighted by Crippen LogP contribution is -2.39. The van der Waals surface area contributed by atoms with Crippen LogP contribution in [0.25, 0.3) is 0 Å². The van der Waals surface area contributed by atoms with E-state index in [9.17, 15) is 18.0 Å². The molecule has 150 valence electrons. The van der Waals surface area contributed by atoms with Gasteiger partial charge < -0.3 is 19.6 Å². The number of alkyl halides is 3. The van der Waals surface area contributed by atoms with Gasteiger partial charge in [0.25, 0.3) is 0 Å². The molecule has 0 spiro atoms. The van der Waals surface area contributed by atoms with E-state index in [0.29, 0.717) is 18.5 Å². The van der Waals surface area contributed by atoms with Gasteiger partial charge in [0.05, 0.1) is 13.5 Å². The first-order valence-electron chi connectivity index (χ1n) is 8.56. The molecule has 2 aliphatic rings. The number of fused-ring (bicyclic) bond motifs is 1. The zero-order chi connectivity index (χ0) is 20.2. The molecule has 0 aliphatic carbocycles. The Morgan fingerprint density at radius 2 is 1.85 bits per heavy atom. The molecule has 1 aromatic carbocycles. The third kappa shape index (κ3) is 5.35. The maximum atomic E-state index is 12.5. The summed E-state index contributed by atoms with van der Waals surface area (Å²) in [5.74, 6) is -1.69. The number of aliphatic carboxylic acids is 1. The Morgan fingerprint density at radius 3 is 2.44 bits per heavy atom. The zero-order valence-electron chi connectivity index (χ0n) is 15.2. The number of halogens is 3. The van der Waals surface area contributed by atoms with Gasteiger partial charge in [-0.2, -0.15) is 13.2 Å². The Kier molecular flexibility index (Phi) is 6.69. The van der Waals surface area contributed by atoms with Gasteiger partial charge in [-0.1, -0.05) is 12.1 Å². The van der Waals surface area contributed by atoms with Gasteiger partial charge in [0.1, 0.15) is 5.75 Å². The summed E-state index contributed by atoms with van der Waals surface area (Å²) in [7, 11) is 3.82. The van der Waals surface area contributed by atoms with Crippen molar-refractivity contribution in [2.75, 3.05) is 27.2 Å². The summed E-state index contributed by atoms with van der Waals surface area (Å²) >= 11 is 0. The van der Waals surface area contributed by atoms with Crippen LogP contribution in [-0.2, 0) is 16.0 Å². The van der Waals surface area contributed by atoms with Crippen molar-refractivity contribution in [2.24, 2.45) is 0 Å². The van der Waals surface area contributed by atoms with E-state index in [1.165, 1.54) is 0 Å². The van der Waals surface area contributed by atoms with Gasteiger partial charge in [0.2, 0.25) is 5.91 Å². The van der Waals surface area contributed by atoms with E-state index in [1.54, 1.807) is 7.11 Å². The van der Waals surface area contributed by atoms with Gasteiger partial charge in [0.15, 0.2) is 0 Å². The average Bonchev–Trinajstić information content (AvgIpc) is 3.18. The molecule has 0 aromatic heterocycles. The number of carbonyl (C=O) groups is 2. The minimum atomic E-state index is -5.08. The van der Waals surface area contributed by atoms with E-state index in [-0.39, 0.29) is 5.91 Å². The normalized spacial score (nSPS) is 22.0. The molecule has 1 N–H and O–H groups in total. The van der Waals surface area contributed by atoms with Crippen LogP contribution in [0.1, 0.15) is 18.4 Å². The fourth-order valence-corrected chi connectivity index (χ4v) is 3.57. The van der Waals surface area contributed by atoms with Crippen LogP contribution in [0.2, 0.25) is 0 Å². The highest BCUT2D eigenvalue weighted by Gasteiger charge is 2.42. The Morgan fingerprint density at radius 1 is 1.22 bits per heavy atom. The van der Waals surface area contributed by atoms with Crippen LogP contribution < -0.4 is 4.74 Å². The van der Waals surface area contributed by atoms with Crippen LogP contribution in [0.3, 0.4) is 0 Å². The quantitative estimate of drug-likeness (QED) is 0.860. The van der Waals surface area contributed by atoms with Crippen LogP contribution in [0.15, 0.2) is 24.3 Å². The lowest BCUT2D eigenvalue weighted by Gasteiger charge is -2.24. The molecule has 2 atom stereocenters. The van der Waals surface area contributed by atoms with Gasteiger partial charge >= 0.3 is 12.1 Å². The van der Waals surface area contributed by atoms with Crippen molar-refractivity contribution < 1.29 is 32.6 Å². The van der Waals surface area contributed by atoms with Crippen LogP contribution in [0.4, 0.5) is 13.2 Å². The Bertz CT molecular complexity index is 681. The van der Waals surface area contributed by atoms with E-state index in [0.717, 1.165) is 37.2 Å². The summed E-state index contributed by atoms with van der Waals surface area (Å²) in [6.07, 6.45) is -2.37. The molecule has 0 radical (unpaired) electrons. The predicted molar refractivity (Wildman–Crippen MR) is 91.5 cm³/mol. The molecule has 2 heterocycles. The van der Waals surface area contributed by atoms with Crippen LogP contribution in [0.5, 0.6) is 5.75 Å². The van der Waals surface area contributed by atoms with Gasteiger partial charge in [-0.3, -0.25) is 4.79 Å². The van der Waals surface area contributed by atoms with Gasteiger partial charge in [-0.05, 0) is 37.6 Å². The molecule has 6 nitrogen and oxygen atoms in total. The number of ether oxygens (including phenoxy) is 1. The fraction of sp³-hybridized carbons (Fsp3) is 0.556. The van der Waals surface area contributed by atoms with Crippen molar-refractivity contribution >= 4 is 11.9 Å². The lowest BCUT2D eigenvalue weighted by molar-refractivity contribution is -0.192. The van der Waals surface area contributed by atoms with Gasteiger partial charge in [0, 0.05) is 25.2 Å². The standard InChI is InChI=1S/C16H22N2O2.C2HF3O2/c1-17-8-6-15-14(17)7-9-18(15)16(19)11-12-4-3-5-13(10-12)20-2;3-2(4,5)1(6)7/h3-5,10,14-15H,6-9,11H2,1-2H3;(H,6,7)/t14-,15+;/m0./s1. The molecule has 1 aromatic rings. The van der Waals surface area contributed by atoms with Gasteiger partial charge in [-0.25, -0.2) is 4.79 Å². The van der Waals surface area contributed by atoms with Crippen LogP contribution in [-0.4, -0.2) is 72.3 Å². The zero-order valence-corrected chi connectivity index (χ0v) is 15.2. The first-order valence-corrected chi connectivity index (χ1v) is 8.56. The lowest BCUT2D eigenvalue weighted by atomic mass is 10.1. The minimum absolute atomic E-state index is 0.251. The number of likely N-dealkylation sites (N-methyl/N-ethyl adjacent to an activating group) is 1. The van der Waals surface area contributed by atoms with Crippen LogP contribution >= 0.6 is 0 Å². The Balaban J connectivity index is 0.000000321. The molecule has 27 heavy (non-hydrogen) atoms. The molecule has 9 heteroatoms. The second-order valence-corrected chi connectivity index (χ2v) is 6.61. The summed E-state index contributed by atoms with van der Waals surface area (Å²) in [5, 5.41) is 7.12. The summed E-state index contributed by atoms with van der Waals surface area (Å²) in [6, 6.07) is 8.80. The second-order valence-electron chi connectivity index (χ2n) is 6.61. The molecular weight excluding hydrogens is 365 g/mol. The first-order chi connectivity index (χ1) is 12.6. The summed E-state index contributed by atoms with van der Waals surface area (Å²) in [5.41, 5.74) is 1.03. The molecule has 1 amide bonds. The van der Waals surface area contributed by atoms with E-state index in [2.05, 4.69) is 16.8 Å². The maximum absolute atomic E-state index is 12.5. The summed E-state index contributed by atoms with van der Waals surface area (Å²) in [6.45, 7) is 2.01. The average molecular weight is 388 g/mol. The monoisotopic (exact) mass is 388 g/mol. The topological polar surface area (TPSA) is 70.1 Å². The molecule has 2 aliphatic heterocycles. The number of likely N-dealkylation sites (tertiary alicyclic amines) is 2. The van der Waals surface area contributed by atoms with Crippen molar-refractivity contribution in [2.45, 2.75) is 37.5 Å². The third-order valence-corrected chi connectivity index (χ3v) is 4.91. The number of hydrogen-bond donors (Lipinski definition) is 1. The van der Waals surface area contributed by atoms with Crippen LogP contribution in [0, 0.1) is 0 Å². The van der Waals surface area contributed by atoms with Crippen molar-refractivity contribution in [3.05, 3.63) is 29.8 Å². The predicted octanol–water partition coefficient (Wildman–Crippen LogP) is 2.18. The van der Waals surface area contributed by atoms with Crippen molar-refractivity contribution in [3.63, 3.8) is 0 Å². The highest BCUT2D eigenvalue weighted by molar-refractivity contribution is 5.79. The van der Waals surface area contributed by atoms with E-state index in [1.807, 2.05) is 24.3 Å². The first kappa shape index (κ1) is 21.0. The number of carbonyl (C=O) groups excluding carboxylic acids is 1.